The molecule has 4 heteroatoms. The summed E-state index contributed by atoms with van der Waals surface area (Å²) in [5.74, 6) is 0.625. The van der Waals surface area contributed by atoms with Crippen molar-refractivity contribution in [2.45, 2.75) is 20.0 Å². The molecule has 0 aliphatic heterocycles. The Balaban J connectivity index is 2.48. The largest absolute Gasteiger partial charge is 0.489 e. The fourth-order valence-electron chi connectivity index (χ4n) is 1.28. The molecule has 0 saturated carbocycles. The van der Waals surface area contributed by atoms with Crippen LogP contribution in [0.25, 0.3) is 0 Å². The fourth-order valence-corrected chi connectivity index (χ4v) is 1.56. The highest BCUT2D eigenvalue weighted by Crippen LogP contribution is 2.27. The standard InChI is InChI=1S/C12H17ClO3/c1-3-15-7-10(14)8-16-12-9(2)5-4-6-11(12)13/h4-6,10,14H,3,7-8H2,1-2H3/t10-/m0/s1. The van der Waals surface area contributed by atoms with Crippen LogP contribution in [-0.4, -0.2) is 31.0 Å². The molecule has 16 heavy (non-hydrogen) atoms. The van der Waals surface area contributed by atoms with Gasteiger partial charge in [0.05, 0.1) is 11.6 Å². The highest BCUT2D eigenvalue weighted by atomic mass is 35.5. The molecule has 1 aromatic carbocycles. The Morgan fingerprint density at radius 3 is 2.75 bits per heavy atom. The molecule has 0 spiro atoms. The van der Waals surface area contributed by atoms with Crippen molar-refractivity contribution in [1.82, 2.24) is 0 Å². The van der Waals surface area contributed by atoms with Gasteiger partial charge in [-0.05, 0) is 25.5 Å². The van der Waals surface area contributed by atoms with Crippen molar-refractivity contribution in [3.8, 4) is 5.75 Å². The summed E-state index contributed by atoms with van der Waals surface area (Å²) >= 11 is 5.98. The highest BCUT2D eigenvalue weighted by molar-refractivity contribution is 6.32. The number of benzene rings is 1. The maximum atomic E-state index is 9.53. The quantitative estimate of drug-likeness (QED) is 0.835. The molecule has 90 valence electrons. The maximum absolute atomic E-state index is 9.53. The minimum Gasteiger partial charge on any atom is -0.489 e. The molecule has 3 nitrogen and oxygen atoms in total. The highest BCUT2D eigenvalue weighted by Gasteiger charge is 2.09. The van der Waals surface area contributed by atoms with Crippen LogP contribution in [0.5, 0.6) is 5.75 Å². The molecule has 0 bridgehead atoms. The molecule has 0 radical (unpaired) electrons. The van der Waals surface area contributed by atoms with Crippen LogP contribution < -0.4 is 4.74 Å². The predicted octanol–water partition coefficient (Wildman–Crippen LogP) is 2.42. The summed E-state index contributed by atoms with van der Waals surface area (Å²) in [7, 11) is 0. The molecule has 1 atom stereocenters. The van der Waals surface area contributed by atoms with Crippen molar-refractivity contribution in [1.29, 1.82) is 0 Å². The second kappa shape index (κ2) is 6.74. The Bertz CT molecular complexity index is 308. The summed E-state index contributed by atoms with van der Waals surface area (Å²) in [6, 6.07) is 5.54. The minimum absolute atomic E-state index is 0.185. The Morgan fingerprint density at radius 2 is 2.12 bits per heavy atom. The topological polar surface area (TPSA) is 38.7 Å². The van der Waals surface area contributed by atoms with Gasteiger partial charge in [-0.25, -0.2) is 0 Å². The van der Waals surface area contributed by atoms with Crippen LogP contribution in [0, 0.1) is 6.92 Å². The van der Waals surface area contributed by atoms with Crippen LogP contribution in [0.4, 0.5) is 0 Å². The number of hydrogen-bond donors (Lipinski definition) is 1. The summed E-state index contributed by atoms with van der Waals surface area (Å²) < 4.78 is 10.5. The molecule has 0 heterocycles. The van der Waals surface area contributed by atoms with E-state index < -0.39 is 6.10 Å². The second-order valence-corrected chi connectivity index (χ2v) is 3.92. The summed E-state index contributed by atoms with van der Waals surface area (Å²) in [6.07, 6.45) is -0.629. The van der Waals surface area contributed by atoms with E-state index in [1.54, 1.807) is 6.07 Å². The second-order valence-electron chi connectivity index (χ2n) is 3.51. The number of halogens is 1. The molecular formula is C12H17ClO3. The monoisotopic (exact) mass is 244 g/mol. The van der Waals surface area contributed by atoms with Crippen molar-refractivity contribution in [2.24, 2.45) is 0 Å². The summed E-state index contributed by atoms with van der Waals surface area (Å²) in [5.41, 5.74) is 0.955. The first kappa shape index (κ1) is 13.3. The van der Waals surface area contributed by atoms with Crippen molar-refractivity contribution >= 4 is 11.6 Å². The van der Waals surface area contributed by atoms with Gasteiger partial charge in [-0.2, -0.15) is 0 Å². The van der Waals surface area contributed by atoms with Crippen molar-refractivity contribution in [3.63, 3.8) is 0 Å². The van der Waals surface area contributed by atoms with Crippen molar-refractivity contribution < 1.29 is 14.6 Å². The smallest absolute Gasteiger partial charge is 0.140 e. The van der Waals surface area contributed by atoms with Crippen LogP contribution in [0.2, 0.25) is 5.02 Å². The van der Waals surface area contributed by atoms with E-state index in [0.29, 0.717) is 17.4 Å². The average Bonchev–Trinajstić information content (AvgIpc) is 2.25. The van der Waals surface area contributed by atoms with Gasteiger partial charge in [0.15, 0.2) is 0 Å². The molecule has 0 aliphatic rings. The molecular weight excluding hydrogens is 228 g/mol. The lowest BCUT2D eigenvalue weighted by Gasteiger charge is -2.14. The number of aliphatic hydroxyl groups excluding tert-OH is 1. The van der Waals surface area contributed by atoms with Gasteiger partial charge in [-0.1, -0.05) is 23.7 Å². The number of aryl methyl sites for hydroxylation is 1. The fraction of sp³-hybridized carbons (Fsp3) is 0.500. The molecule has 0 fully saturated rings. The van der Waals surface area contributed by atoms with E-state index in [1.165, 1.54) is 0 Å². The molecule has 0 amide bonds. The van der Waals surface area contributed by atoms with Gasteiger partial charge in [0, 0.05) is 6.61 Å². The number of aliphatic hydroxyl groups is 1. The number of hydrogen-bond acceptors (Lipinski definition) is 3. The third kappa shape index (κ3) is 4.00. The van der Waals surface area contributed by atoms with Crippen LogP contribution in [0.15, 0.2) is 18.2 Å². The molecule has 0 aromatic heterocycles. The Labute approximate surface area is 101 Å². The van der Waals surface area contributed by atoms with E-state index in [2.05, 4.69) is 0 Å². The molecule has 0 saturated heterocycles. The summed E-state index contributed by atoms with van der Waals surface area (Å²) in [5, 5.41) is 10.1. The van der Waals surface area contributed by atoms with E-state index in [-0.39, 0.29) is 13.2 Å². The zero-order valence-corrected chi connectivity index (χ0v) is 10.3. The van der Waals surface area contributed by atoms with Crippen molar-refractivity contribution in [3.05, 3.63) is 28.8 Å². The first-order valence-electron chi connectivity index (χ1n) is 5.28. The maximum Gasteiger partial charge on any atom is 0.140 e. The van der Waals surface area contributed by atoms with Gasteiger partial charge >= 0.3 is 0 Å². The normalized spacial score (nSPS) is 12.5. The minimum atomic E-state index is -0.629. The van der Waals surface area contributed by atoms with E-state index in [9.17, 15) is 5.11 Å². The van der Waals surface area contributed by atoms with E-state index in [1.807, 2.05) is 26.0 Å². The van der Waals surface area contributed by atoms with E-state index in [4.69, 9.17) is 21.1 Å². The summed E-state index contributed by atoms with van der Waals surface area (Å²) in [6.45, 7) is 4.84. The van der Waals surface area contributed by atoms with Gasteiger partial charge < -0.3 is 14.6 Å². The third-order valence-electron chi connectivity index (χ3n) is 2.10. The van der Waals surface area contributed by atoms with Gasteiger partial charge in [0.25, 0.3) is 0 Å². The lowest BCUT2D eigenvalue weighted by Crippen LogP contribution is -2.23. The zero-order valence-electron chi connectivity index (χ0n) is 9.57. The average molecular weight is 245 g/mol. The van der Waals surface area contributed by atoms with Gasteiger partial charge in [0.1, 0.15) is 18.5 Å². The van der Waals surface area contributed by atoms with Gasteiger partial charge in [-0.15, -0.1) is 0 Å². The van der Waals surface area contributed by atoms with Crippen LogP contribution in [-0.2, 0) is 4.74 Å². The number of ether oxygens (including phenoxy) is 2. The lowest BCUT2D eigenvalue weighted by molar-refractivity contribution is 0.0163. The van der Waals surface area contributed by atoms with Crippen LogP contribution >= 0.6 is 11.6 Å². The van der Waals surface area contributed by atoms with E-state index in [0.717, 1.165) is 5.56 Å². The van der Waals surface area contributed by atoms with Crippen LogP contribution in [0.1, 0.15) is 12.5 Å². The van der Waals surface area contributed by atoms with Gasteiger partial charge in [-0.3, -0.25) is 0 Å². The van der Waals surface area contributed by atoms with Gasteiger partial charge in [0.2, 0.25) is 0 Å². The van der Waals surface area contributed by atoms with E-state index >= 15 is 0 Å². The molecule has 1 aromatic rings. The summed E-state index contributed by atoms with van der Waals surface area (Å²) in [4.78, 5) is 0. The van der Waals surface area contributed by atoms with Crippen molar-refractivity contribution in [2.75, 3.05) is 19.8 Å². The lowest BCUT2D eigenvalue weighted by atomic mass is 10.2. The molecule has 0 unspecified atom stereocenters. The molecule has 1 rings (SSSR count). The Kier molecular flexibility index (Phi) is 5.60. The number of rotatable bonds is 6. The SMILES string of the molecule is CCOC[C@H](O)COc1c(C)cccc1Cl. The first-order valence-corrected chi connectivity index (χ1v) is 5.66. The first-order chi connectivity index (χ1) is 7.65. The zero-order chi connectivity index (χ0) is 12.0. The Hall–Kier alpha value is -0.770. The predicted molar refractivity (Wildman–Crippen MR) is 64.2 cm³/mol. The Morgan fingerprint density at radius 1 is 1.38 bits per heavy atom. The van der Waals surface area contributed by atoms with Crippen LogP contribution in [0.3, 0.4) is 0 Å². The third-order valence-corrected chi connectivity index (χ3v) is 2.40. The molecule has 0 aliphatic carbocycles. The number of para-hydroxylation sites is 1. The molecule has 1 N–H and O–H groups in total.